The van der Waals surface area contributed by atoms with Crippen molar-refractivity contribution >= 4 is 0 Å². The predicted molar refractivity (Wildman–Crippen MR) is 96.5 cm³/mol. The van der Waals surface area contributed by atoms with Crippen LogP contribution in [-0.4, -0.2) is 25.1 Å². The average Bonchev–Trinajstić information content (AvgIpc) is 2.64. The molecule has 2 atom stereocenters. The van der Waals surface area contributed by atoms with Crippen molar-refractivity contribution in [1.82, 2.24) is 0 Å². The van der Waals surface area contributed by atoms with Crippen molar-refractivity contribution in [1.29, 1.82) is 0 Å². The zero-order chi connectivity index (χ0) is 17.5. The molecule has 3 rings (SSSR count). The highest BCUT2D eigenvalue weighted by Crippen LogP contribution is 2.35. The Hall–Kier alpha value is -1.88. The summed E-state index contributed by atoms with van der Waals surface area (Å²) in [7, 11) is 1.60. The molecule has 2 aromatic carbocycles. The average molecular weight is 342 g/mol. The Morgan fingerprint density at radius 2 is 1.92 bits per heavy atom. The summed E-state index contributed by atoms with van der Waals surface area (Å²) in [6.45, 7) is 0.204. The highest BCUT2D eigenvalue weighted by molar-refractivity contribution is 5.42. The number of hydrogen-bond acceptors (Lipinski definition) is 4. The smallest absolute Gasteiger partial charge is 0.188 e. The molecule has 1 N–H and O–H groups in total. The molecule has 4 nitrogen and oxygen atoms in total. The SMILES string of the molecule is COCOc1cccc2c1C[C@H](CCCCc1ccccc1)OC2O. The summed E-state index contributed by atoms with van der Waals surface area (Å²) in [6, 6.07) is 16.2. The van der Waals surface area contributed by atoms with Gasteiger partial charge in [-0.3, -0.25) is 0 Å². The molecule has 0 spiro atoms. The van der Waals surface area contributed by atoms with Crippen LogP contribution in [0.2, 0.25) is 0 Å². The minimum atomic E-state index is -0.881. The Morgan fingerprint density at radius 1 is 1.08 bits per heavy atom. The van der Waals surface area contributed by atoms with Crippen LogP contribution in [0.3, 0.4) is 0 Å². The van der Waals surface area contributed by atoms with E-state index in [1.54, 1.807) is 7.11 Å². The Labute approximate surface area is 149 Å². The molecule has 0 fully saturated rings. The van der Waals surface area contributed by atoms with Gasteiger partial charge in [-0.05, 0) is 30.9 Å². The molecule has 4 heteroatoms. The van der Waals surface area contributed by atoms with E-state index in [9.17, 15) is 5.11 Å². The first kappa shape index (κ1) is 17.9. The van der Waals surface area contributed by atoms with Crippen molar-refractivity contribution in [3.05, 3.63) is 65.2 Å². The van der Waals surface area contributed by atoms with E-state index in [1.165, 1.54) is 5.56 Å². The van der Waals surface area contributed by atoms with Crippen LogP contribution >= 0.6 is 0 Å². The van der Waals surface area contributed by atoms with Crippen molar-refractivity contribution in [2.24, 2.45) is 0 Å². The van der Waals surface area contributed by atoms with Crippen molar-refractivity contribution in [2.45, 2.75) is 44.5 Å². The second-order valence-electron chi connectivity index (χ2n) is 6.42. The molecule has 0 amide bonds. The first-order valence-electron chi connectivity index (χ1n) is 8.89. The molecule has 1 unspecified atom stereocenters. The predicted octanol–water partition coefficient (Wildman–Crippen LogP) is 4.01. The van der Waals surface area contributed by atoms with E-state index in [-0.39, 0.29) is 12.9 Å². The van der Waals surface area contributed by atoms with Gasteiger partial charge in [0.2, 0.25) is 0 Å². The van der Waals surface area contributed by atoms with E-state index in [2.05, 4.69) is 24.3 Å². The van der Waals surface area contributed by atoms with Gasteiger partial charge in [0.1, 0.15) is 5.75 Å². The van der Waals surface area contributed by atoms with Crippen LogP contribution in [0.1, 0.15) is 42.2 Å². The fourth-order valence-corrected chi connectivity index (χ4v) is 3.34. The van der Waals surface area contributed by atoms with E-state index < -0.39 is 6.29 Å². The summed E-state index contributed by atoms with van der Waals surface area (Å²) in [4.78, 5) is 0. The van der Waals surface area contributed by atoms with Crippen molar-refractivity contribution in [3.63, 3.8) is 0 Å². The summed E-state index contributed by atoms with van der Waals surface area (Å²) in [5.41, 5.74) is 3.20. The number of methoxy groups -OCH3 is 1. The Morgan fingerprint density at radius 3 is 2.72 bits per heavy atom. The Kier molecular flexibility index (Phi) is 6.45. The van der Waals surface area contributed by atoms with E-state index in [0.29, 0.717) is 0 Å². The van der Waals surface area contributed by atoms with Crippen molar-refractivity contribution in [2.75, 3.05) is 13.9 Å². The van der Waals surface area contributed by atoms with Crippen LogP contribution in [0.5, 0.6) is 5.75 Å². The molecule has 25 heavy (non-hydrogen) atoms. The molecule has 0 aromatic heterocycles. The minimum absolute atomic E-state index is 0.0190. The first-order valence-corrected chi connectivity index (χ1v) is 8.89. The van der Waals surface area contributed by atoms with E-state index in [1.807, 2.05) is 24.3 Å². The largest absolute Gasteiger partial charge is 0.467 e. The van der Waals surface area contributed by atoms with Gasteiger partial charge in [-0.1, -0.05) is 48.9 Å². The molecule has 134 valence electrons. The molecule has 0 aliphatic carbocycles. The van der Waals surface area contributed by atoms with Crippen molar-refractivity contribution < 1.29 is 19.3 Å². The van der Waals surface area contributed by atoms with Gasteiger partial charge in [-0.15, -0.1) is 0 Å². The third-order valence-corrected chi connectivity index (χ3v) is 4.61. The number of fused-ring (bicyclic) bond motifs is 1. The quantitative estimate of drug-likeness (QED) is 0.581. The molecule has 1 heterocycles. The Balaban J connectivity index is 1.55. The number of aliphatic hydroxyl groups is 1. The molecule has 0 radical (unpaired) electrons. The number of ether oxygens (including phenoxy) is 3. The number of benzene rings is 2. The zero-order valence-electron chi connectivity index (χ0n) is 14.7. The molecular formula is C21H26O4. The highest BCUT2D eigenvalue weighted by Gasteiger charge is 2.28. The highest BCUT2D eigenvalue weighted by atomic mass is 16.7. The molecule has 2 aromatic rings. The first-order chi connectivity index (χ1) is 12.3. The maximum Gasteiger partial charge on any atom is 0.188 e. The summed E-state index contributed by atoms with van der Waals surface area (Å²) < 4.78 is 16.4. The lowest BCUT2D eigenvalue weighted by Gasteiger charge is -2.30. The van der Waals surface area contributed by atoms with Gasteiger partial charge < -0.3 is 19.3 Å². The second kappa shape index (κ2) is 8.99. The van der Waals surface area contributed by atoms with E-state index in [4.69, 9.17) is 14.2 Å². The maximum absolute atomic E-state index is 10.3. The number of aliphatic hydroxyl groups excluding tert-OH is 1. The molecule has 0 bridgehead atoms. The number of hydrogen-bond donors (Lipinski definition) is 1. The van der Waals surface area contributed by atoms with Crippen LogP contribution in [0.15, 0.2) is 48.5 Å². The maximum atomic E-state index is 10.3. The van der Waals surface area contributed by atoms with Gasteiger partial charge in [0.05, 0.1) is 6.10 Å². The van der Waals surface area contributed by atoms with Gasteiger partial charge in [0.25, 0.3) is 0 Å². The molecule has 1 aliphatic heterocycles. The van der Waals surface area contributed by atoms with Crippen molar-refractivity contribution in [3.8, 4) is 5.75 Å². The number of unbranched alkanes of at least 4 members (excludes halogenated alkanes) is 1. The summed E-state index contributed by atoms with van der Waals surface area (Å²) in [5.74, 6) is 0.774. The monoisotopic (exact) mass is 342 g/mol. The minimum Gasteiger partial charge on any atom is -0.467 e. The van der Waals surface area contributed by atoms with Crippen LogP contribution in [-0.2, 0) is 22.3 Å². The second-order valence-corrected chi connectivity index (χ2v) is 6.42. The third-order valence-electron chi connectivity index (χ3n) is 4.61. The summed E-state index contributed by atoms with van der Waals surface area (Å²) in [5, 5.41) is 10.3. The number of rotatable bonds is 8. The Bertz CT molecular complexity index is 656. The molecule has 0 saturated carbocycles. The van der Waals surface area contributed by atoms with Gasteiger partial charge in [-0.25, -0.2) is 0 Å². The summed E-state index contributed by atoms with van der Waals surface area (Å²) in [6.07, 6.45) is 4.10. The van der Waals surface area contributed by atoms with Gasteiger partial charge >= 0.3 is 0 Å². The zero-order valence-corrected chi connectivity index (χ0v) is 14.7. The van der Waals surface area contributed by atoms with Gasteiger partial charge in [0, 0.05) is 24.7 Å². The van der Waals surface area contributed by atoms with Crippen LogP contribution in [0.25, 0.3) is 0 Å². The van der Waals surface area contributed by atoms with Crippen LogP contribution < -0.4 is 4.74 Å². The lowest BCUT2D eigenvalue weighted by molar-refractivity contribution is -0.151. The summed E-state index contributed by atoms with van der Waals surface area (Å²) >= 11 is 0. The van der Waals surface area contributed by atoms with Crippen LogP contribution in [0.4, 0.5) is 0 Å². The van der Waals surface area contributed by atoms with Crippen LogP contribution in [0, 0.1) is 0 Å². The lowest BCUT2D eigenvalue weighted by atomic mass is 9.94. The molecular weight excluding hydrogens is 316 g/mol. The fourth-order valence-electron chi connectivity index (χ4n) is 3.34. The molecule has 1 aliphatic rings. The van der Waals surface area contributed by atoms with E-state index >= 15 is 0 Å². The standard InChI is InChI=1S/C21H26O4/c1-23-15-24-20-13-7-12-18-19(20)14-17(25-21(18)22)11-6-5-10-16-8-3-2-4-9-16/h2-4,7-9,12-13,17,21-22H,5-6,10-11,14-15H2,1H3/t17-,21?/m0/s1. The molecule has 0 saturated heterocycles. The van der Waals surface area contributed by atoms with E-state index in [0.717, 1.165) is 49.0 Å². The third kappa shape index (κ3) is 4.82. The van der Waals surface area contributed by atoms with Gasteiger partial charge in [0.15, 0.2) is 13.1 Å². The number of aryl methyl sites for hydroxylation is 1. The topological polar surface area (TPSA) is 47.9 Å². The normalized spacial score (nSPS) is 19.4. The lowest BCUT2D eigenvalue weighted by Crippen LogP contribution is -2.26. The van der Waals surface area contributed by atoms with Gasteiger partial charge in [-0.2, -0.15) is 0 Å². The fraction of sp³-hybridized carbons (Fsp3) is 0.429.